The van der Waals surface area contributed by atoms with Crippen LogP contribution in [0.1, 0.15) is 22.7 Å². The van der Waals surface area contributed by atoms with Crippen molar-refractivity contribution < 1.29 is 19.4 Å². The molecule has 1 saturated heterocycles. The van der Waals surface area contributed by atoms with E-state index in [1.165, 1.54) is 40.4 Å². The number of nitrogens with zero attached hydrogens (tertiary/aromatic N) is 4. The maximum atomic E-state index is 13.5. The van der Waals surface area contributed by atoms with Gasteiger partial charge in [-0.25, -0.2) is 0 Å². The number of aliphatic hydroxyl groups excluding tert-OH is 1. The first kappa shape index (κ1) is 26.4. The van der Waals surface area contributed by atoms with Crippen LogP contribution in [0.25, 0.3) is 5.76 Å². The van der Waals surface area contributed by atoms with E-state index in [1.807, 2.05) is 60.7 Å². The standard InChI is InChI=1S/C31H22N4O4S2/c36-27(21-14-16-32-17-15-21)25-26(22-10-7-13-24(18-22)39-23-11-5-2-6-12-23)35(29(38)28(25)37)30-33-34-31(41-30)40-19-20-8-3-1-4-9-20/h1-18,26,36H,19H2. The molecule has 1 unspecified atom stereocenters. The lowest BCUT2D eigenvalue weighted by atomic mass is 9.95. The van der Waals surface area contributed by atoms with Crippen molar-refractivity contribution in [1.82, 2.24) is 15.2 Å². The highest BCUT2D eigenvalue weighted by Crippen LogP contribution is 2.44. The van der Waals surface area contributed by atoms with E-state index in [1.54, 1.807) is 36.4 Å². The normalized spacial score (nSPS) is 16.2. The quantitative estimate of drug-likeness (QED) is 0.0718. The third kappa shape index (κ3) is 5.60. The number of anilines is 1. The number of aliphatic hydroxyl groups is 1. The molecule has 202 valence electrons. The Morgan fingerprint density at radius 2 is 1.59 bits per heavy atom. The van der Waals surface area contributed by atoms with Crippen molar-refractivity contribution in [1.29, 1.82) is 0 Å². The highest BCUT2D eigenvalue weighted by molar-refractivity contribution is 8.00. The van der Waals surface area contributed by atoms with Gasteiger partial charge in [-0.15, -0.1) is 10.2 Å². The first-order valence-corrected chi connectivity index (χ1v) is 14.4. The van der Waals surface area contributed by atoms with Crippen LogP contribution < -0.4 is 9.64 Å². The fraction of sp³-hybridized carbons (Fsp3) is 0.0645. The Morgan fingerprint density at radius 3 is 2.34 bits per heavy atom. The van der Waals surface area contributed by atoms with E-state index in [0.29, 0.717) is 32.7 Å². The number of amides is 1. The predicted octanol–water partition coefficient (Wildman–Crippen LogP) is 6.64. The lowest BCUT2D eigenvalue weighted by molar-refractivity contribution is -0.132. The molecule has 1 atom stereocenters. The molecular weight excluding hydrogens is 556 g/mol. The van der Waals surface area contributed by atoms with Gasteiger partial charge >= 0.3 is 5.91 Å². The second-order valence-electron chi connectivity index (χ2n) is 9.02. The van der Waals surface area contributed by atoms with E-state index < -0.39 is 17.7 Å². The fourth-order valence-electron chi connectivity index (χ4n) is 4.46. The molecule has 0 spiro atoms. The number of thioether (sulfide) groups is 1. The number of benzene rings is 3. The summed E-state index contributed by atoms with van der Waals surface area (Å²) in [5.74, 6) is -0.0725. The summed E-state index contributed by atoms with van der Waals surface area (Å²) in [4.78, 5) is 32.3. The molecule has 0 bridgehead atoms. The fourth-order valence-corrected chi connectivity index (χ4v) is 6.28. The van der Waals surface area contributed by atoms with E-state index in [0.717, 1.165) is 5.56 Å². The molecule has 3 heterocycles. The zero-order valence-corrected chi connectivity index (χ0v) is 23.1. The predicted molar refractivity (Wildman–Crippen MR) is 158 cm³/mol. The maximum absolute atomic E-state index is 13.5. The van der Waals surface area contributed by atoms with E-state index >= 15 is 0 Å². The largest absolute Gasteiger partial charge is 0.507 e. The van der Waals surface area contributed by atoms with Gasteiger partial charge in [-0.1, -0.05) is 83.8 Å². The second-order valence-corrected chi connectivity index (χ2v) is 11.2. The molecule has 1 N–H and O–H groups in total. The van der Waals surface area contributed by atoms with Gasteiger partial charge in [-0.2, -0.15) is 0 Å². The van der Waals surface area contributed by atoms with Crippen LogP contribution in [0.2, 0.25) is 0 Å². The number of ether oxygens (including phenoxy) is 1. The highest BCUT2D eigenvalue weighted by atomic mass is 32.2. The molecule has 5 aromatic rings. The number of ketones is 1. The molecule has 1 fully saturated rings. The van der Waals surface area contributed by atoms with Crippen molar-refractivity contribution in [2.24, 2.45) is 0 Å². The molecule has 6 rings (SSSR count). The summed E-state index contributed by atoms with van der Waals surface area (Å²) in [5, 5.41) is 20.1. The Labute approximate surface area is 244 Å². The lowest BCUT2D eigenvalue weighted by Crippen LogP contribution is -2.29. The number of Topliss-reactive ketones (excluding diaryl/α,β-unsaturated/α-hetero) is 1. The van der Waals surface area contributed by atoms with Crippen LogP contribution in [0.5, 0.6) is 11.5 Å². The Bertz CT molecular complexity index is 1730. The number of pyridine rings is 1. The minimum Gasteiger partial charge on any atom is -0.507 e. The summed E-state index contributed by atoms with van der Waals surface area (Å²) in [7, 11) is 0. The molecule has 1 aliphatic rings. The third-order valence-electron chi connectivity index (χ3n) is 6.36. The van der Waals surface area contributed by atoms with Crippen molar-refractivity contribution in [2.75, 3.05) is 4.90 Å². The van der Waals surface area contributed by atoms with Crippen LogP contribution in [0, 0.1) is 0 Å². The average Bonchev–Trinajstić information content (AvgIpc) is 3.59. The van der Waals surface area contributed by atoms with Crippen molar-refractivity contribution >= 4 is 45.7 Å². The Balaban J connectivity index is 1.40. The minimum atomic E-state index is -0.956. The molecule has 41 heavy (non-hydrogen) atoms. The van der Waals surface area contributed by atoms with Crippen LogP contribution in [0.3, 0.4) is 0 Å². The molecule has 3 aromatic carbocycles. The summed E-state index contributed by atoms with van der Waals surface area (Å²) < 4.78 is 6.68. The molecule has 0 aliphatic carbocycles. The molecule has 1 aliphatic heterocycles. The van der Waals surface area contributed by atoms with Gasteiger partial charge in [-0.05, 0) is 47.5 Å². The van der Waals surface area contributed by atoms with Crippen LogP contribution in [-0.4, -0.2) is 32.0 Å². The second kappa shape index (κ2) is 11.7. The Hall–Kier alpha value is -4.80. The number of para-hydroxylation sites is 1. The van der Waals surface area contributed by atoms with E-state index in [9.17, 15) is 14.7 Å². The number of carbonyl (C=O) groups excluding carboxylic acids is 2. The highest BCUT2D eigenvalue weighted by Gasteiger charge is 2.48. The summed E-state index contributed by atoms with van der Waals surface area (Å²) in [6, 6.07) is 28.6. The number of hydrogen-bond donors (Lipinski definition) is 1. The minimum absolute atomic E-state index is 0.0493. The van der Waals surface area contributed by atoms with Gasteiger partial charge < -0.3 is 9.84 Å². The lowest BCUT2D eigenvalue weighted by Gasteiger charge is -2.23. The van der Waals surface area contributed by atoms with Gasteiger partial charge in [-0.3, -0.25) is 19.5 Å². The van der Waals surface area contributed by atoms with E-state index in [-0.39, 0.29) is 16.5 Å². The number of carbonyl (C=O) groups is 2. The molecule has 0 radical (unpaired) electrons. The van der Waals surface area contributed by atoms with Gasteiger partial charge in [0.15, 0.2) is 4.34 Å². The van der Waals surface area contributed by atoms with Gasteiger partial charge in [0.1, 0.15) is 17.3 Å². The van der Waals surface area contributed by atoms with Gasteiger partial charge in [0.05, 0.1) is 11.6 Å². The molecule has 2 aromatic heterocycles. The Morgan fingerprint density at radius 1 is 0.878 bits per heavy atom. The van der Waals surface area contributed by atoms with Crippen LogP contribution in [-0.2, 0) is 15.3 Å². The number of rotatable bonds is 8. The molecule has 0 saturated carbocycles. The summed E-state index contributed by atoms with van der Waals surface area (Å²) in [6.07, 6.45) is 3.02. The maximum Gasteiger partial charge on any atom is 0.301 e. The molecule has 8 nitrogen and oxygen atoms in total. The van der Waals surface area contributed by atoms with Crippen LogP contribution >= 0.6 is 23.1 Å². The van der Waals surface area contributed by atoms with Gasteiger partial charge in [0.2, 0.25) is 5.13 Å². The molecule has 10 heteroatoms. The smallest absolute Gasteiger partial charge is 0.301 e. The van der Waals surface area contributed by atoms with E-state index in [2.05, 4.69) is 15.2 Å². The van der Waals surface area contributed by atoms with E-state index in [4.69, 9.17) is 4.74 Å². The average molecular weight is 579 g/mol. The monoisotopic (exact) mass is 578 g/mol. The van der Waals surface area contributed by atoms with Crippen molar-refractivity contribution in [3.8, 4) is 11.5 Å². The zero-order chi connectivity index (χ0) is 28.2. The van der Waals surface area contributed by atoms with Gasteiger partial charge in [0, 0.05) is 23.7 Å². The molecule has 1 amide bonds. The van der Waals surface area contributed by atoms with Crippen molar-refractivity contribution in [3.63, 3.8) is 0 Å². The number of aromatic nitrogens is 3. The SMILES string of the molecule is O=C1C(=O)N(c2nnc(SCc3ccccc3)s2)C(c2cccc(Oc3ccccc3)c2)C1=C(O)c1ccncc1. The van der Waals surface area contributed by atoms with Crippen molar-refractivity contribution in [2.45, 2.75) is 16.1 Å². The third-order valence-corrected chi connectivity index (χ3v) is 8.48. The van der Waals surface area contributed by atoms with Crippen LogP contribution in [0.4, 0.5) is 5.13 Å². The summed E-state index contributed by atoms with van der Waals surface area (Å²) in [5.41, 5.74) is 2.02. The van der Waals surface area contributed by atoms with Crippen LogP contribution in [0.15, 0.2) is 119 Å². The molecular formula is C31H22N4O4S2. The summed E-state index contributed by atoms with van der Waals surface area (Å²) >= 11 is 2.71. The first-order valence-electron chi connectivity index (χ1n) is 12.6. The van der Waals surface area contributed by atoms with Gasteiger partial charge in [0.25, 0.3) is 5.78 Å². The zero-order valence-electron chi connectivity index (χ0n) is 21.5. The topological polar surface area (TPSA) is 106 Å². The number of hydrogen-bond acceptors (Lipinski definition) is 9. The Kier molecular flexibility index (Phi) is 7.57. The summed E-state index contributed by atoms with van der Waals surface area (Å²) in [6.45, 7) is 0. The first-order chi connectivity index (χ1) is 20.1. The van der Waals surface area contributed by atoms with Crippen molar-refractivity contribution in [3.05, 3.63) is 132 Å².